The van der Waals surface area contributed by atoms with Crippen LogP contribution in [0.2, 0.25) is 0 Å². The van der Waals surface area contributed by atoms with E-state index in [1.54, 1.807) is 0 Å². The molecule has 2 aromatic rings. The molecule has 2 heteroatoms. The molecular formula is C16H21NS. The second kappa shape index (κ2) is 6.17. The molecule has 1 N–H and O–H groups in total. The number of thiophene rings is 1. The number of hydrogen-bond donors (Lipinski definition) is 1. The fourth-order valence-corrected chi connectivity index (χ4v) is 2.88. The molecule has 0 amide bonds. The molecule has 0 atom stereocenters. The van der Waals surface area contributed by atoms with Crippen LogP contribution in [0.5, 0.6) is 0 Å². The van der Waals surface area contributed by atoms with Crippen molar-refractivity contribution < 1.29 is 0 Å². The molecule has 1 aromatic carbocycles. The van der Waals surface area contributed by atoms with Crippen molar-refractivity contribution in [3.05, 3.63) is 58.3 Å². The van der Waals surface area contributed by atoms with Crippen molar-refractivity contribution in [2.24, 2.45) is 0 Å². The van der Waals surface area contributed by atoms with E-state index < -0.39 is 0 Å². The van der Waals surface area contributed by atoms with E-state index in [1.807, 2.05) is 11.3 Å². The van der Waals surface area contributed by atoms with E-state index in [-0.39, 0.29) is 5.41 Å². The Balaban J connectivity index is 1.76. The van der Waals surface area contributed by atoms with Gasteiger partial charge < -0.3 is 5.32 Å². The van der Waals surface area contributed by atoms with Crippen molar-refractivity contribution in [3.63, 3.8) is 0 Å². The summed E-state index contributed by atoms with van der Waals surface area (Å²) in [5.41, 5.74) is 1.63. The molecule has 0 fully saturated rings. The Morgan fingerprint density at radius 3 is 2.50 bits per heavy atom. The topological polar surface area (TPSA) is 12.0 Å². The largest absolute Gasteiger partial charge is 0.316 e. The first-order valence-electron chi connectivity index (χ1n) is 6.47. The maximum absolute atomic E-state index is 3.57. The van der Waals surface area contributed by atoms with Gasteiger partial charge >= 0.3 is 0 Å². The van der Waals surface area contributed by atoms with Gasteiger partial charge in [0.05, 0.1) is 0 Å². The third-order valence-electron chi connectivity index (χ3n) is 3.19. The van der Waals surface area contributed by atoms with E-state index in [9.17, 15) is 0 Å². The molecule has 0 aliphatic rings. The van der Waals surface area contributed by atoms with Crippen LogP contribution < -0.4 is 5.32 Å². The fraction of sp³-hybridized carbons (Fsp3) is 0.375. The van der Waals surface area contributed by atoms with Crippen molar-refractivity contribution >= 4 is 11.3 Å². The highest BCUT2D eigenvalue weighted by Gasteiger charge is 2.20. The third-order valence-corrected chi connectivity index (χ3v) is 4.42. The molecule has 1 nitrogen and oxygen atoms in total. The van der Waals surface area contributed by atoms with Crippen LogP contribution in [0, 0.1) is 0 Å². The van der Waals surface area contributed by atoms with Gasteiger partial charge in [-0.3, -0.25) is 0 Å². The van der Waals surface area contributed by atoms with Gasteiger partial charge in [0.2, 0.25) is 0 Å². The van der Waals surface area contributed by atoms with Gasteiger partial charge in [0.15, 0.2) is 0 Å². The zero-order valence-electron chi connectivity index (χ0n) is 11.1. The van der Waals surface area contributed by atoms with Crippen molar-refractivity contribution in [2.45, 2.75) is 25.7 Å². The molecular weight excluding hydrogens is 238 g/mol. The summed E-state index contributed by atoms with van der Waals surface area (Å²) >= 11 is 1.84. The molecule has 0 aliphatic heterocycles. The summed E-state index contributed by atoms with van der Waals surface area (Å²) in [5.74, 6) is 0. The monoisotopic (exact) mass is 259 g/mol. The number of nitrogens with one attached hydrogen (secondary N) is 1. The normalized spacial score (nSPS) is 11.7. The van der Waals surface area contributed by atoms with E-state index >= 15 is 0 Å². The van der Waals surface area contributed by atoms with Crippen molar-refractivity contribution in [3.8, 4) is 0 Å². The van der Waals surface area contributed by atoms with Crippen molar-refractivity contribution in [2.75, 3.05) is 13.1 Å². The number of benzene rings is 1. The third kappa shape index (κ3) is 3.69. The Morgan fingerprint density at radius 2 is 1.83 bits per heavy atom. The van der Waals surface area contributed by atoms with Crippen LogP contribution in [-0.2, 0) is 11.8 Å². The Labute approximate surface area is 114 Å². The highest BCUT2D eigenvalue weighted by atomic mass is 32.1. The summed E-state index contributed by atoms with van der Waals surface area (Å²) < 4.78 is 0. The summed E-state index contributed by atoms with van der Waals surface area (Å²) in [6.45, 7) is 6.67. The van der Waals surface area contributed by atoms with E-state index in [1.165, 1.54) is 10.4 Å². The Morgan fingerprint density at radius 1 is 1.06 bits per heavy atom. The van der Waals surface area contributed by atoms with Crippen LogP contribution in [-0.4, -0.2) is 13.1 Å². The summed E-state index contributed by atoms with van der Waals surface area (Å²) in [7, 11) is 0. The fourth-order valence-electron chi connectivity index (χ4n) is 2.03. The van der Waals surface area contributed by atoms with Gasteiger partial charge in [0, 0.05) is 16.8 Å². The van der Waals surface area contributed by atoms with Gasteiger partial charge in [0.1, 0.15) is 0 Å². The molecule has 2 rings (SSSR count). The van der Waals surface area contributed by atoms with E-state index in [0.29, 0.717) is 0 Å². The minimum absolute atomic E-state index is 0.227. The lowest BCUT2D eigenvalue weighted by atomic mass is 9.91. The average Bonchev–Trinajstić information content (AvgIpc) is 2.91. The molecule has 0 bridgehead atoms. The summed E-state index contributed by atoms with van der Waals surface area (Å²) in [4.78, 5) is 1.45. The smallest absolute Gasteiger partial charge is 0.0115 e. The Hall–Kier alpha value is -1.12. The molecule has 0 saturated heterocycles. The molecule has 1 heterocycles. The van der Waals surface area contributed by atoms with Crippen molar-refractivity contribution in [1.82, 2.24) is 5.32 Å². The van der Waals surface area contributed by atoms with Crippen LogP contribution in [0.25, 0.3) is 0 Å². The van der Waals surface area contributed by atoms with E-state index in [0.717, 1.165) is 19.5 Å². The average molecular weight is 259 g/mol. The van der Waals surface area contributed by atoms with Gasteiger partial charge in [-0.15, -0.1) is 11.3 Å². The van der Waals surface area contributed by atoms with Crippen LogP contribution in [0.15, 0.2) is 47.8 Å². The van der Waals surface area contributed by atoms with Crippen LogP contribution >= 0.6 is 11.3 Å². The highest BCUT2D eigenvalue weighted by molar-refractivity contribution is 7.10. The maximum Gasteiger partial charge on any atom is 0.0115 e. The predicted molar refractivity (Wildman–Crippen MR) is 80.4 cm³/mol. The molecule has 0 aliphatic carbocycles. The predicted octanol–water partition coefficient (Wildman–Crippen LogP) is 3.86. The van der Waals surface area contributed by atoms with E-state index in [4.69, 9.17) is 0 Å². The Kier molecular flexibility index (Phi) is 4.56. The molecule has 96 valence electrons. The van der Waals surface area contributed by atoms with Crippen molar-refractivity contribution in [1.29, 1.82) is 0 Å². The second-order valence-corrected chi connectivity index (χ2v) is 6.22. The number of hydrogen-bond acceptors (Lipinski definition) is 2. The molecule has 0 spiro atoms. The zero-order chi connectivity index (χ0) is 12.8. The maximum atomic E-state index is 3.57. The first-order chi connectivity index (χ1) is 8.68. The molecule has 18 heavy (non-hydrogen) atoms. The van der Waals surface area contributed by atoms with Gasteiger partial charge in [-0.1, -0.05) is 50.2 Å². The zero-order valence-corrected chi connectivity index (χ0v) is 12.0. The lowest BCUT2D eigenvalue weighted by Crippen LogP contribution is -2.33. The lowest BCUT2D eigenvalue weighted by molar-refractivity contribution is 0.479. The van der Waals surface area contributed by atoms with Gasteiger partial charge in [0.25, 0.3) is 0 Å². The van der Waals surface area contributed by atoms with Crippen LogP contribution in [0.4, 0.5) is 0 Å². The van der Waals surface area contributed by atoms with Crippen LogP contribution in [0.1, 0.15) is 24.3 Å². The summed E-state index contributed by atoms with van der Waals surface area (Å²) in [5, 5.41) is 5.72. The summed E-state index contributed by atoms with van der Waals surface area (Å²) in [6.07, 6.45) is 1.10. The molecule has 0 saturated carbocycles. The van der Waals surface area contributed by atoms with E-state index in [2.05, 4.69) is 67.0 Å². The van der Waals surface area contributed by atoms with Gasteiger partial charge in [-0.25, -0.2) is 0 Å². The number of rotatable bonds is 6. The first kappa shape index (κ1) is 13.3. The minimum atomic E-state index is 0.227. The molecule has 0 unspecified atom stereocenters. The lowest BCUT2D eigenvalue weighted by Gasteiger charge is -2.23. The quantitative estimate of drug-likeness (QED) is 0.777. The molecule has 1 aromatic heterocycles. The first-order valence-corrected chi connectivity index (χ1v) is 7.35. The highest BCUT2D eigenvalue weighted by Crippen LogP contribution is 2.26. The molecule has 0 radical (unpaired) electrons. The summed E-state index contributed by atoms with van der Waals surface area (Å²) in [6, 6.07) is 15.0. The minimum Gasteiger partial charge on any atom is -0.316 e. The van der Waals surface area contributed by atoms with Gasteiger partial charge in [-0.05, 0) is 30.0 Å². The van der Waals surface area contributed by atoms with Crippen LogP contribution in [0.3, 0.4) is 0 Å². The Bertz CT molecular complexity index is 445. The standard InChI is InChI=1S/C16H21NS/c1-16(2,15-9-6-12-18-15)13-17-11-10-14-7-4-3-5-8-14/h3-9,12,17H,10-11,13H2,1-2H3. The second-order valence-electron chi connectivity index (χ2n) is 5.27. The van der Waals surface area contributed by atoms with Gasteiger partial charge in [-0.2, -0.15) is 0 Å². The SMILES string of the molecule is CC(C)(CNCCc1ccccc1)c1cccs1.